The number of carbonyl (C=O) groups excluding carboxylic acids is 1. The number of nitrogens with zero attached hydrogens (tertiary/aromatic N) is 2. The lowest BCUT2D eigenvalue weighted by atomic mass is 10.2. The van der Waals surface area contributed by atoms with Gasteiger partial charge in [0.05, 0.1) is 10.0 Å². The minimum Gasteiger partial charge on any atom is -0.354 e. The lowest BCUT2D eigenvalue weighted by molar-refractivity contribution is 0.102. The number of aromatic nitrogens is 2. The molecule has 0 saturated carbocycles. The third kappa shape index (κ3) is 5.35. The summed E-state index contributed by atoms with van der Waals surface area (Å²) >= 11 is 11.8. The SMILES string of the molecule is CCCCCNc1nc(C)cc(C(=O)Nc2ccc(Cl)c(Cl)c2)n1. The van der Waals surface area contributed by atoms with E-state index in [0.29, 0.717) is 27.4 Å². The molecule has 0 aliphatic carbocycles. The molecule has 7 heteroatoms. The van der Waals surface area contributed by atoms with Crippen molar-refractivity contribution < 1.29 is 4.79 Å². The maximum absolute atomic E-state index is 12.4. The lowest BCUT2D eigenvalue weighted by Crippen LogP contribution is -2.16. The van der Waals surface area contributed by atoms with Crippen LogP contribution in [0.1, 0.15) is 42.4 Å². The Kier molecular flexibility index (Phi) is 6.82. The number of anilines is 2. The normalized spacial score (nSPS) is 10.5. The molecule has 0 aliphatic heterocycles. The molecule has 0 unspecified atom stereocenters. The minimum atomic E-state index is -0.324. The van der Waals surface area contributed by atoms with Crippen molar-refractivity contribution in [1.29, 1.82) is 0 Å². The van der Waals surface area contributed by atoms with Crippen LogP contribution in [0.2, 0.25) is 10.0 Å². The largest absolute Gasteiger partial charge is 0.354 e. The maximum Gasteiger partial charge on any atom is 0.274 e. The average molecular weight is 367 g/mol. The van der Waals surface area contributed by atoms with Crippen molar-refractivity contribution in [2.45, 2.75) is 33.1 Å². The molecule has 0 fully saturated rings. The molecule has 1 amide bonds. The molecule has 0 aliphatic rings. The van der Waals surface area contributed by atoms with Gasteiger partial charge in [0.2, 0.25) is 5.95 Å². The Morgan fingerprint density at radius 2 is 1.92 bits per heavy atom. The number of aryl methyl sites for hydroxylation is 1. The van der Waals surface area contributed by atoms with Crippen molar-refractivity contribution in [2.24, 2.45) is 0 Å². The second-order valence-corrected chi connectivity index (χ2v) is 6.25. The number of nitrogens with one attached hydrogen (secondary N) is 2. The zero-order valence-electron chi connectivity index (χ0n) is 13.7. The molecular weight excluding hydrogens is 347 g/mol. The van der Waals surface area contributed by atoms with E-state index in [0.717, 1.165) is 31.5 Å². The van der Waals surface area contributed by atoms with Crippen LogP contribution in [0.25, 0.3) is 0 Å². The predicted octanol–water partition coefficient (Wildman–Crippen LogP) is 4.95. The summed E-state index contributed by atoms with van der Waals surface area (Å²) in [5, 5.41) is 6.73. The van der Waals surface area contributed by atoms with Crippen LogP contribution in [-0.2, 0) is 0 Å². The van der Waals surface area contributed by atoms with Gasteiger partial charge in [-0.05, 0) is 37.6 Å². The average Bonchev–Trinajstić information content (AvgIpc) is 2.54. The highest BCUT2D eigenvalue weighted by atomic mass is 35.5. The van der Waals surface area contributed by atoms with Crippen molar-refractivity contribution >= 4 is 40.7 Å². The van der Waals surface area contributed by atoms with Gasteiger partial charge in [-0.1, -0.05) is 43.0 Å². The summed E-state index contributed by atoms with van der Waals surface area (Å²) in [6, 6.07) is 6.55. The van der Waals surface area contributed by atoms with E-state index in [9.17, 15) is 4.79 Å². The fourth-order valence-corrected chi connectivity index (χ4v) is 2.41. The molecule has 0 saturated heterocycles. The number of amides is 1. The van der Waals surface area contributed by atoms with Crippen LogP contribution in [0.5, 0.6) is 0 Å². The fraction of sp³-hybridized carbons (Fsp3) is 0.353. The molecular formula is C17H20Cl2N4O. The number of hydrogen-bond donors (Lipinski definition) is 2. The molecule has 1 aromatic heterocycles. The first-order chi connectivity index (χ1) is 11.5. The highest BCUT2D eigenvalue weighted by Gasteiger charge is 2.11. The predicted molar refractivity (Wildman–Crippen MR) is 99.2 cm³/mol. The Balaban J connectivity index is 2.07. The van der Waals surface area contributed by atoms with Crippen LogP contribution in [0.4, 0.5) is 11.6 Å². The highest BCUT2D eigenvalue weighted by molar-refractivity contribution is 6.42. The Morgan fingerprint density at radius 1 is 1.12 bits per heavy atom. The van der Waals surface area contributed by atoms with Gasteiger partial charge in [0.25, 0.3) is 5.91 Å². The minimum absolute atomic E-state index is 0.298. The number of benzene rings is 1. The van der Waals surface area contributed by atoms with Gasteiger partial charge in [0.1, 0.15) is 5.69 Å². The smallest absolute Gasteiger partial charge is 0.274 e. The van der Waals surface area contributed by atoms with Crippen LogP contribution >= 0.6 is 23.2 Å². The molecule has 0 radical (unpaired) electrons. The number of hydrogen-bond acceptors (Lipinski definition) is 4. The van der Waals surface area contributed by atoms with E-state index in [2.05, 4.69) is 27.5 Å². The third-order valence-electron chi connectivity index (χ3n) is 3.33. The second kappa shape index (κ2) is 8.85. The Labute approximate surface area is 151 Å². The van der Waals surface area contributed by atoms with Gasteiger partial charge in [-0.25, -0.2) is 9.97 Å². The molecule has 0 atom stereocenters. The van der Waals surface area contributed by atoms with Crippen LogP contribution in [-0.4, -0.2) is 22.4 Å². The quantitative estimate of drug-likeness (QED) is 0.680. The molecule has 1 aromatic carbocycles. The fourth-order valence-electron chi connectivity index (χ4n) is 2.11. The van der Waals surface area contributed by atoms with Crippen LogP contribution in [0.3, 0.4) is 0 Å². The lowest BCUT2D eigenvalue weighted by Gasteiger charge is -2.09. The van der Waals surface area contributed by atoms with Crippen LogP contribution in [0, 0.1) is 6.92 Å². The molecule has 128 valence electrons. The van der Waals surface area contributed by atoms with E-state index in [-0.39, 0.29) is 5.91 Å². The zero-order chi connectivity index (χ0) is 17.5. The topological polar surface area (TPSA) is 66.9 Å². The molecule has 24 heavy (non-hydrogen) atoms. The van der Waals surface area contributed by atoms with Gasteiger partial charge in [-0.15, -0.1) is 0 Å². The van der Waals surface area contributed by atoms with E-state index in [1.54, 1.807) is 24.3 Å². The summed E-state index contributed by atoms with van der Waals surface area (Å²) in [6.45, 7) is 4.76. The monoisotopic (exact) mass is 366 g/mol. The number of halogens is 2. The van der Waals surface area contributed by atoms with E-state index < -0.39 is 0 Å². The van der Waals surface area contributed by atoms with Gasteiger partial charge < -0.3 is 10.6 Å². The summed E-state index contributed by atoms with van der Waals surface area (Å²) in [4.78, 5) is 21.0. The van der Waals surface area contributed by atoms with E-state index >= 15 is 0 Å². The van der Waals surface area contributed by atoms with Crippen molar-refractivity contribution in [3.05, 3.63) is 45.7 Å². The third-order valence-corrected chi connectivity index (χ3v) is 4.07. The summed E-state index contributed by atoms with van der Waals surface area (Å²) < 4.78 is 0. The van der Waals surface area contributed by atoms with Crippen LogP contribution < -0.4 is 10.6 Å². The maximum atomic E-state index is 12.4. The van der Waals surface area contributed by atoms with Gasteiger partial charge >= 0.3 is 0 Å². The Morgan fingerprint density at radius 3 is 2.62 bits per heavy atom. The molecule has 0 bridgehead atoms. The number of carbonyl (C=O) groups is 1. The van der Waals surface area contributed by atoms with E-state index in [1.165, 1.54) is 0 Å². The molecule has 2 rings (SSSR count). The zero-order valence-corrected chi connectivity index (χ0v) is 15.2. The van der Waals surface area contributed by atoms with Crippen LogP contribution in [0.15, 0.2) is 24.3 Å². The van der Waals surface area contributed by atoms with Gasteiger partial charge in [0, 0.05) is 17.9 Å². The summed E-state index contributed by atoms with van der Waals surface area (Å²) in [5.74, 6) is 0.140. The second-order valence-electron chi connectivity index (χ2n) is 5.44. The number of unbranched alkanes of at least 4 members (excludes halogenated alkanes) is 2. The molecule has 2 aromatic rings. The van der Waals surface area contributed by atoms with Crippen molar-refractivity contribution in [2.75, 3.05) is 17.2 Å². The first kappa shape index (κ1) is 18.5. The van der Waals surface area contributed by atoms with Gasteiger partial charge in [-0.2, -0.15) is 0 Å². The van der Waals surface area contributed by atoms with Gasteiger partial charge in [-0.3, -0.25) is 4.79 Å². The molecule has 2 N–H and O–H groups in total. The summed E-state index contributed by atoms with van der Waals surface area (Å²) in [6.07, 6.45) is 3.33. The summed E-state index contributed by atoms with van der Waals surface area (Å²) in [5.41, 5.74) is 1.58. The van der Waals surface area contributed by atoms with E-state index in [4.69, 9.17) is 23.2 Å². The Hall–Kier alpha value is -1.85. The first-order valence-electron chi connectivity index (χ1n) is 7.85. The summed E-state index contributed by atoms with van der Waals surface area (Å²) in [7, 11) is 0. The molecule has 0 spiro atoms. The van der Waals surface area contributed by atoms with Gasteiger partial charge in [0.15, 0.2) is 0 Å². The van der Waals surface area contributed by atoms with Crippen molar-refractivity contribution in [1.82, 2.24) is 9.97 Å². The van der Waals surface area contributed by atoms with E-state index in [1.807, 2.05) is 6.92 Å². The first-order valence-corrected chi connectivity index (χ1v) is 8.61. The van der Waals surface area contributed by atoms with Crippen molar-refractivity contribution in [3.8, 4) is 0 Å². The van der Waals surface area contributed by atoms with Crippen molar-refractivity contribution in [3.63, 3.8) is 0 Å². The highest BCUT2D eigenvalue weighted by Crippen LogP contribution is 2.25. The number of rotatable bonds is 7. The molecule has 1 heterocycles. The molecule has 5 nitrogen and oxygen atoms in total. The Bertz CT molecular complexity index is 722. The standard InChI is InChI=1S/C17H20Cl2N4O/c1-3-4-5-8-20-17-21-11(2)9-15(23-17)16(24)22-12-6-7-13(18)14(19)10-12/h6-7,9-10H,3-5,8H2,1-2H3,(H,22,24)(H,20,21,23).